The molecule has 1 spiro atoms. The van der Waals surface area contributed by atoms with Crippen LogP contribution in [0, 0.1) is 11.3 Å². The summed E-state index contributed by atoms with van der Waals surface area (Å²) in [5, 5.41) is 12.4. The molecule has 3 aliphatic rings. The van der Waals surface area contributed by atoms with Crippen LogP contribution in [0.4, 0.5) is 0 Å². The van der Waals surface area contributed by atoms with Crippen molar-refractivity contribution in [2.75, 3.05) is 19.6 Å². The Balaban J connectivity index is 1.55. The lowest BCUT2D eigenvalue weighted by atomic mass is 9.81. The van der Waals surface area contributed by atoms with E-state index in [1.54, 1.807) is 10.4 Å². The van der Waals surface area contributed by atoms with Gasteiger partial charge in [0.1, 0.15) is 0 Å². The number of benzene rings is 1. The minimum atomic E-state index is -0.722. The Kier molecular flexibility index (Phi) is 5.14. The van der Waals surface area contributed by atoms with Crippen molar-refractivity contribution in [3.8, 4) is 0 Å². The Hall–Kier alpha value is -2.71. The molecule has 1 aromatic rings. The monoisotopic (exact) mass is 398 g/mol. The highest BCUT2D eigenvalue weighted by atomic mass is 16.5. The SMILES string of the molecule is NC(=O)C1=C(c2ccccc2)CCN(C(=O)[C@H]2NCC3(CC3)C[C@@H]2C(=O)NO)C1. The normalized spacial score (nSPS) is 25.6. The van der Waals surface area contributed by atoms with Crippen molar-refractivity contribution < 1.29 is 19.6 Å². The molecule has 8 heteroatoms. The van der Waals surface area contributed by atoms with E-state index < -0.39 is 23.8 Å². The fourth-order valence-corrected chi connectivity index (χ4v) is 4.60. The number of rotatable bonds is 4. The van der Waals surface area contributed by atoms with Gasteiger partial charge in [-0.3, -0.25) is 19.6 Å². The van der Waals surface area contributed by atoms with E-state index in [2.05, 4.69) is 5.32 Å². The Bertz CT molecular complexity index is 863. The van der Waals surface area contributed by atoms with Gasteiger partial charge in [-0.25, -0.2) is 5.48 Å². The van der Waals surface area contributed by atoms with Gasteiger partial charge in [0.25, 0.3) is 0 Å². The second kappa shape index (κ2) is 7.61. The van der Waals surface area contributed by atoms with Crippen molar-refractivity contribution in [3.05, 3.63) is 41.5 Å². The van der Waals surface area contributed by atoms with Gasteiger partial charge in [0.2, 0.25) is 17.7 Å². The number of piperidine rings is 1. The maximum Gasteiger partial charge on any atom is 0.248 e. The fourth-order valence-electron chi connectivity index (χ4n) is 4.60. The van der Waals surface area contributed by atoms with Crippen molar-refractivity contribution in [3.63, 3.8) is 0 Å². The minimum Gasteiger partial charge on any atom is -0.366 e. The number of carbonyl (C=O) groups is 3. The first kappa shape index (κ1) is 19.6. The van der Waals surface area contributed by atoms with Crippen molar-refractivity contribution in [2.45, 2.75) is 31.7 Å². The first-order valence-corrected chi connectivity index (χ1v) is 9.97. The summed E-state index contributed by atoms with van der Waals surface area (Å²) in [5.41, 5.74) is 9.62. The smallest absolute Gasteiger partial charge is 0.248 e. The quantitative estimate of drug-likeness (QED) is 0.432. The number of hydrogen-bond donors (Lipinski definition) is 4. The molecule has 1 saturated carbocycles. The van der Waals surface area contributed by atoms with Crippen LogP contribution in [0.15, 0.2) is 35.9 Å². The van der Waals surface area contributed by atoms with Crippen LogP contribution in [-0.2, 0) is 14.4 Å². The summed E-state index contributed by atoms with van der Waals surface area (Å²) < 4.78 is 0. The number of hydrogen-bond acceptors (Lipinski definition) is 5. The van der Waals surface area contributed by atoms with Crippen LogP contribution in [0.2, 0.25) is 0 Å². The molecule has 1 aromatic carbocycles. The molecular weight excluding hydrogens is 372 g/mol. The molecule has 8 nitrogen and oxygen atoms in total. The molecule has 0 radical (unpaired) electrons. The van der Waals surface area contributed by atoms with Crippen LogP contribution in [0.3, 0.4) is 0 Å². The van der Waals surface area contributed by atoms with Crippen molar-refractivity contribution in [2.24, 2.45) is 17.1 Å². The maximum atomic E-state index is 13.3. The Morgan fingerprint density at radius 1 is 1.21 bits per heavy atom. The number of nitrogens with one attached hydrogen (secondary N) is 2. The van der Waals surface area contributed by atoms with Gasteiger partial charge >= 0.3 is 0 Å². The molecule has 2 heterocycles. The highest BCUT2D eigenvalue weighted by Gasteiger charge is 2.52. The second-order valence-electron chi connectivity index (χ2n) is 8.34. The number of nitrogens with two attached hydrogens (primary N) is 1. The largest absolute Gasteiger partial charge is 0.366 e. The highest BCUT2D eigenvalue weighted by molar-refractivity contribution is 6.02. The molecule has 4 rings (SSSR count). The zero-order valence-corrected chi connectivity index (χ0v) is 16.2. The zero-order chi connectivity index (χ0) is 20.6. The van der Waals surface area contributed by atoms with Crippen molar-refractivity contribution in [1.82, 2.24) is 15.7 Å². The number of nitrogens with zero attached hydrogens (tertiary/aromatic N) is 1. The summed E-state index contributed by atoms with van der Waals surface area (Å²) in [6, 6.07) is 8.83. The fraction of sp³-hybridized carbons (Fsp3) is 0.476. The lowest BCUT2D eigenvalue weighted by Gasteiger charge is -2.39. The summed E-state index contributed by atoms with van der Waals surface area (Å²) in [6.07, 6.45) is 3.13. The number of amides is 3. The van der Waals surface area contributed by atoms with E-state index in [9.17, 15) is 14.4 Å². The van der Waals surface area contributed by atoms with Crippen LogP contribution in [-0.4, -0.2) is 53.5 Å². The van der Waals surface area contributed by atoms with E-state index in [0.29, 0.717) is 31.5 Å². The predicted octanol–water partition coefficient (Wildman–Crippen LogP) is 0.422. The highest BCUT2D eigenvalue weighted by Crippen LogP contribution is 2.52. The van der Waals surface area contributed by atoms with Crippen LogP contribution < -0.4 is 16.5 Å². The van der Waals surface area contributed by atoms with E-state index in [0.717, 1.165) is 24.0 Å². The van der Waals surface area contributed by atoms with Crippen LogP contribution in [0.25, 0.3) is 5.57 Å². The van der Waals surface area contributed by atoms with E-state index in [4.69, 9.17) is 10.9 Å². The van der Waals surface area contributed by atoms with Crippen molar-refractivity contribution in [1.29, 1.82) is 0 Å². The number of hydroxylamine groups is 1. The lowest BCUT2D eigenvalue weighted by molar-refractivity contribution is -0.144. The van der Waals surface area contributed by atoms with Crippen molar-refractivity contribution >= 4 is 23.3 Å². The lowest BCUT2D eigenvalue weighted by Crippen LogP contribution is -2.59. The third-order valence-corrected chi connectivity index (χ3v) is 6.50. The summed E-state index contributed by atoms with van der Waals surface area (Å²) >= 11 is 0. The van der Waals surface area contributed by atoms with Gasteiger partial charge in [-0.2, -0.15) is 0 Å². The third kappa shape index (κ3) is 3.77. The van der Waals surface area contributed by atoms with Gasteiger partial charge in [-0.05, 0) is 42.2 Å². The average molecular weight is 398 g/mol. The molecule has 2 atom stereocenters. The van der Waals surface area contributed by atoms with E-state index >= 15 is 0 Å². The standard InChI is InChI=1S/C21H26N4O4/c22-18(26)16-11-25(9-6-14(16)13-4-2-1-3-5-13)20(28)17-15(19(27)24-29)10-21(7-8-21)12-23-17/h1-5,15,17,23,29H,6-12H2,(H2,22,26)(H,24,27)/t15-,17-/m0/s1. The molecule has 0 bridgehead atoms. The molecule has 5 N–H and O–H groups in total. The first-order chi connectivity index (χ1) is 13.9. The van der Waals surface area contributed by atoms with Gasteiger partial charge in [-0.15, -0.1) is 0 Å². The summed E-state index contributed by atoms with van der Waals surface area (Å²) in [5.74, 6) is -1.96. The summed E-state index contributed by atoms with van der Waals surface area (Å²) in [7, 11) is 0. The van der Waals surface area contributed by atoms with Gasteiger partial charge < -0.3 is 16.0 Å². The Labute approximate surface area is 169 Å². The van der Waals surface area contributed by atoms with Crippen LogP contribution >= 0.6 is 0 Å². The van der Waals surface area contributed by atoms with E-state index in [-0.39, 0.29) is 17.9 Å². The third-order valence-electron chi connectivity index (χ3n) is 6.50. The molecule has 3 amide bonds. The molecule has 2 aliphatic heterocycles. The van der Waals surface area contributed by atoms with E-state index in [1.165, 1.54) is 0 Å². The minimum absolute atomic E-state index is 0.0641. The van der Waals surface area contributed by atoms with Gasteiger partial charge in [-0.1, -0.05) is 30.3 Å². The molecular formula is C21H26N4O4. The molecule has 1 saturated heterocycles. The number of carbonyl (C=O) groups excluding carboxylic acids is 3. The summed E-state index contributed by atoms with van der Waals surface area (Å²) in [4.78, 5) is 39.2. The van der Waals surface area contributed by atoms with Crippen LogP contribution in [0.5, 0.6) is 0 Å². The van der Waals surface area contributed by atoms with Crippen LogP contribution in [0.1, 0.15) is 31.2 Å². The van der Waals surface area contributed by atoms with E-state index in [1.807, 2.05) is 30.3 Å². The molecule has 0 aromatic heterocycles. The maximum absolute atomic E-state index is 13.3. The van der Waals surface area contributed by atoms with Gasteiger partial charge in [0.15, 0.2) is 0 Å². The molecule has 1 aliphatic carbocycles. The average Bonchev–Trinajstić information content (AvgIpc) is 3.51. The molecule has 154 valence electrons. The molecule has 2 fully saturated rings. The Morgan fingerprint density at radius 3 is 2.55 bits per heavy atom. The first-order valence-electron chi connectivity index (χ1n) is 9.97. The zero-order valence-electron chi connectivity index (χ0n) is 16.2. The summed E-state index contributed by atoms with van der Waals surface area (Å²) in [6.45, 7) is 1.24. The molecule has 0 unspecified atom stereocenters. The Morgan fingerprint density at radius 2 is 1.93 bits per heavy atom. The molecule has 29 heavy (non-hydrogen) atoms. The number of primary amides is 1. The predicted molar refractivity (Wildman–Crippen MR) is 105 cm³/mol. The second-order valence-corrected chi connectivity index (χ2v) is 8.34. The van der Waals surface area contributed by atoms with Gasteiger partial charge in [0, 0.05) is 18.7 Å². The topological polar surface area (TPSA) is 125 Å². The van der Waals surface area contributed by atoms with Gasteiger partial charge in [0.05, 0.1) is 18.5 Å².